The Labute approximate surface area is 145 Å². The van der Waals surface area contributed by atoms with E-state index in [0.717, 1.165) is 29.4 Å². The van der Waals surface area contributed by atoms with Crippen LogP contribution in [0.15, 0.2) is 54.9 Å². The summed E-state index contributed by atoms with van der Waals surface area (Å²) in [5, 5.41) is 7.17. The minimum atomic E-state index is -0.348. The van der Waals surface area contributed by atoms with Crippen molar-refractivity contribution in [1.82, 2.24) is 9.97 Å². The number of carbonyl (C=O) groups excluding carboxylic acids is 1. The summed E-state index contributed by atoms with van der Waals surface area (Å²) >= 11 is 0. The zero-order valence-corrected chi connectivity index (χ0v) is 13.6. The molecule has 1 amide bonds. The number of benzene rings is 1. The molecule has 0 spiro atoms. The van der Waals surface area contributed by atoms with Crippen LogP contribution in [0.3, 0.4) is 0 Å². The molecule has 3 heterocycles. The van der Waals surface area contributed by atoms with Crippen molar-refractivity contribution in [2.45, 2.75) is 18.9 Å². The first-order valence-corrected chi connectivity index (χ1v) is 8.29. The van der Waals surface area contributed by atoms with Crippen LogP contribution in [0.1, 0.15) is 12.8 Å². The topological polar surface area (TPSA) is 76.1 Å². The van der Waals surface area contributed by atoms with E-state index in [1.165, 1.54) is 0 Å². The molecule has 1 aliphatic rings. The Bertz CT molecular complexity index is 884. The minimum absolute atomic E-state index is 0.113. The van der Waals surface area contributed by atoms with E-state index in [-0.39, 0.29) is 12.0 Å². The summed E-state index contributed by atoms with van der Waals surface area (Å²) in [5.41, 5.74) is 2.44. The lowest BCUT2D eigenvalue weighted by molar-refractivity contribution is -0.124. The Balaban J connectivity index is 1.47. The van der Waals surface area contributed by atoms with Crippen molar-refractivity contribution in [2.75, 3.05) is 17.2 Å². The molecule has 0 saturated carbocycles. The Morgan fingerprint density at radius 2 is 2.04 bits per heavy atom. The van der Waals surface area contributed by atoms with Gasteiger partial charge in [0.2, 0.25) is 0 Å². The van der Waals surface area contributed by atoms with Crippen molar-refractivity contribution in [1.29, 1.82) is 0 Å². The van der Waals surface area contributed by atoms with E-state index in [1.807, 2.05) is 42.5 Å². The second-order valence-electron chi connectivity index (χ2n) is 5.93. The molecule has 25 heavy (non-hydrogen) atoms. The number of fused-ring (bicyclic) bond motifs is 1. The molecule has 2 aromatic heterocycles. The molecule has 1 aromatic carbocycles. The molecule has 2 N–H and O–H groups in total. The van der Waals surface area contributed by atoms with E-state index in [1.54, 1.807) is 12.4 Å². The van der Waals surface area contributed by atoms with Gasteiger partial charge in [-0.25, -0.2) is 4.98 Å². The van der Waals surface area contributed by atoms with Crippen molar-refractivity contribution in [3.63, 3.8) is 0 Å². The van der Waals surface area contributed by atoms with Gasteiger partial charge in [-0.15, -0.1) is 0 Å². The Kier molecular flexibility index (Phi) is 4.26. The van der Waals surface area contributed by atoms with E-state index in [2.05, 4.69) is 20.6 Å². The van der Waals surface area contributed by atoms with E-state index in [9.17, 15) is 4.79 Å². The van der Waals surface area contributed by atoms with Gasteiger partial charge >= 0.3 is 0 Å². The van der Waals surface area contributed by atoms with E-state index < -0.39 is 0 Å². The second-order valence-corrected chi connectivity index (χ2v) is 5.93. The van der Waals surface area contributed by atoms with Gasteiger partial charge in [0.05, 0.1) is 23.1 Å². The summed E-state index contributed by atoms with van der Waals surface area (Å²) in [6.07, 6.45) is 4.75. The molecule has 0 radical (unpaired) electrons. The molecule has 3 aromatic rings. The number of anilines is 3. The fourth-order valence-corrected chi connectivity index (χ4v) is 2.89. The lowest BCUT2D eigenvalue weighted by Crippen LogP contribution is -2.26. The molecule has 126 valence electrons. The average Bonchev–Trinajstić information content (AvgIpc) is 3.19. The van der Waals surface area contributed by atoms with Crippen LogP contribution in [-0.4, -0.2) is 28.6 Å². The fraction of sp³-hybridized carbons (Fsp3) is 0.211. The first kappa shape index (κ1) is 15.5. The number of nitrogens with one attached hydrogen (secondary N) is 2. The van der Waals surface area contributed by atoms with Gasteiger partial charge in [-0.1, -0.05) is 18.2 Å². The molecular weight excluding hydrogens is 316 g/mol. The van der Waals surface area contributed by atoms with Crippen LogP contribution in [0.5, 0.6) is 0 Å². The molecule has 0 bridgehead atoms. The molecule has 1 aliphatic heterocycles. The number of hydrogen-bond donors (Lipinski definition) is 2. The molecule has 0 aliphatic carbocycles. The summed E-state index contributed by atoms with van der Waals surface area (Å²) in [5.74, 6) is 0.575. The Hall–Kier alpha value is -2.99. The van der Waals surface area contributed by atoms with Crippen LogP contribution in [0, 0.1) is 0 Å². The first-order valence-electron chi connectivity index (χ1n) is 8.29. The molecule has 6 heteroatoms. The lowest BCUT2D eigenvalue weighted by atomic mass is 10.2. The SMILES string of the molecule is O=C(Nc1ccc(Nc2cccc3cccnc23)nc1)C1CCCO1. The van der Waals surface area contributed by atoms with Crippen LogP contribution in [0.2, 0.25) is 0 Å². The second kappa shape index (κ2) is 6.86. The molecular formula is C19H18N4O2. The summed E-state index contributed by atoms with van der Waals surface area (Å²) in [6, 6.07) is 13.5. The van der Waals surface area contributed by atoms with Crippen molar-refractivity contribution in [2.24, 2.45) is 0 Å². The van der Waals surface area contributed by atoms with E-state index in [4.69, 9.17) is 4.74 Å². The third-order valence-corrected chi connectivity index (χ3v) is 4.15. The number of aromatic nitrogens is 2. The molecule has 1 saturated heterocycles. The van der Waals surface area contributed by atoms with Gasteiger partial charge in [0, 0.05) is 18.2 Å². The number of ether oxygens (including phenoxy) is 1. The number of carbonyl (C=O) groups is 1. The van der Waals surface area contributed by atoms with Gasteiger partial charge in [0.15, 0.2) is 0 Å². The molecule has 1 unspecified atom stereocenters. The van der Waals surface area contributed by atoms with Crippen LogP contribution in [0.25, 0.3) is 10.9 Å². The van der Waals surface area contributed by atoms with Crippen molar-refractivity contribution < 1.29 is 9.53 Å². The maximum atomic E-state index is 12.0. The van der Waals surface area contributed by atoms with Gasteiger partial charge in [0.25, 0.3) is 5.91 Å². The predicted octanol–water partition coefficient (Wildman–Crippen LogP) is 3.49. The van der Waals surface area contributed by atoms with Gasteiger partial charge in [-0.2, -0.15) is 0 Å². The maximum Gasteiger partial charge on any atom is 0.253 e. The van der Waals surface area contributed by atoms with Gasteiger partial charge in [-0.3, -0.25) is 9.78 Å². The summed E-state index contributed by atoms with van der Waals surface area (Å²) in [6.45, 7) is 0.651. The smallest absolute Gasteiger partial charge is 0.253 e. The molecule has 1 fully saturated rings. The van der Waals surface area contributed by atoms with Crippen LogP contribution in [0.4, 0.5) is 17.2 Å². The Morgan fingerprint density at radius 1 is 1.12 bits per heavy atom. The highest BCUT2D eigenvalue weighted by Gasteiger charge is 2.23. The minimum Gasteiger partial charge on any atom is -0.368 e. The van der Waals surface area contributed by atoms with Crippen LogP contribution >= 0.6 is 0 Å². The number of rotatable bonds is 4. The third kappa shape index (κ3) is 3.44. The van der Waals surface area contributed by atoms with Crippen LogP contribution in [-0.2, 0) is 9.53 Å². The molecule has 1 atom stereocenters. The predicted molar refractivity (Wildman–Crippen MR) is 96.9 cm³/mol. The summed E-state index contributed by atoms with van der Waals surface area (Å²) in [7, 11) is 0. The first-order chi connectivity index (χ1) is 12.3. The van der Waals surface area contributed by atoms with Gasteiger partial charge in [0.1, 0.15) is 11.9 Å². The number of hydrogen-bond acceptors (Lipinski definition) is 5. The number of pyridine rings is 2. The maximum absolute atomic E-state index is 12.0. The zero-order chi connectivity index (χ0) is 17.1. The third-order valence-electron chi connectivity index (χ3n) is 4.15. The van der Waals surface area contributed by atoms with Crippen molar-refractivity contribution in [3.8, 4) is 0 Å². The normalized spacial score (nSPS) is 16.7. The monoisotopic (exact) mass is 334 g/mol. The quantitative estimate of drug-likeness (QED) is 0.764. The highest BCUT2D eigenvalue weighted by molar-refractivity contribution is 5.94. The van der Waals surface area contributed by atoms with Crippen molar-refractivity contribution in [3.05, 3.63) is 54.9 Å². The summed E-state index contributed by atoms with van der Waals surface area (Å²) in [4.78, 5) is 20.8. The largest absolute Gasteiger partial charge is 0.368 e. The number of amides is 1. The van der Waals surface area contributed by atoms with Crippen LogP contribution < -0.4 is 10.6 Å². The number of para-hydroxylation sites is 1. The highest BCUT2D eigenvalue weighted by Crippen LogP contribution is 2.24. The molecule has 4 rings (SSSR count). The molecule has 6 nitrogen and oxygen atoms in total. The number of nitrogens with zero attached hydrogens (tertiary/aromatic N) is 2. The van der Waals surface area contributed by atoms with E-state index in [0.29, 0.717) is 18.1 Å². The highest BCUT2D eigenvalue weighted by atomic mass is 16.5. The van der Waals surface area contributed by atoms with Gasteiger partial charge in [-0.05, 0) is 37.1 Å². The summed E-state index contributed by atoms with van der Waals surface area (Å²) < 4.78 is 5.38. The average molecular weight is 334 g/mol. The van der Waals surface area contributed by atoms with E-state index >= 15 is 0 Å². The zero-order valence-electron chi connectivity index (χ0n) is 13.6. The Morgan fingerprint density at radius 3 is 2.84 bits per heavy atom. The fourth-order valence-electron chi connectivity index (χ4n) is 2.89. The standard InChI is InChI=1S/C19H18N4O2/c24-19(16-7-3-11-25-16)22-14-8-9-17(21-12-14)23-15-6-1-4-13-5-2-10-20-18(13)15/h1-2,4-6,8-10,12,16H,3,7,11H2,(H,21,23)(H,22,24). The van der Waals surface area contributed by atoms with Gasteiger partial charge < -0.3 is 15.4 Å². The lowest BCUT2D eigenvalue weighted by Gasteiger charge is -2.11. The van der Waals surface area contributed by atoms with Crippen molar-refractivity contribution >= 4 is 34.0 Å².